The number of halogens is 1. The Morgan fingerprint density at radius 2 is 1.14 bits per heavy atom. The highest BCUT2D eigenvalue weighted by atomic mass is 35.5. The molecular weight excluding hydrogens is 984 g/mol. The van der Waals surface area contributed by atoms with Crippen LogP contribution in [0.15, 0.2) is 73.3 Å². The lowest BCUT2D eigenvalue weighted by atomic mass is 9.80. The third-order valence-electron chi connectivity index (χ3n) is 12.5. The molecule has 4 aliphatic rings. The summed E-state index contributed by atoms with van der Waals surface area (Å²) in [6, 6.07) is 21.6. The van der Waals surface area contributed by atoms with Gasteiger partial charge in [0.1, 0.15) is 35.4 Å². The van der Waals surface area contributed by atoms with Crippen LogP contribution in [0, 0.1) is 22.7 Å². The molecule has 5 N–H and O–H groups in total. The number of hydrogen-bond donors (Lipinski definition) is 4. The number of carbonyl (C=O) groups is 1. The normalized spacial score (nSPS) is 18.8. The monoisotopic (exact) mass is 1040 g/mol. The molecule has 22 heteroatoms. The van der Waals surface area contributed by atoms with E-state index in [1.165, 1.54) is 0 Å². The molecule has 0 aromatic carbocycles. The quantitative estimate of drug-likeness (QED) is 0.0897. The highest BCUT2D eigenvalue weighted by Crippen LogP contribution is 2.43. The number of ketones is 1. The van der Waals surface area contributed by atoms with Gasteiger partial charge in [0.25, 0.3) is 0 Å². The van der Waals surface area contributed by atoms with Crippen molar-refractivity contribution < 1.29 is 14.3 Å². The van der Waals surface area contributed by atoms with Crippen LogP contribution in [0.25, 0.3) is 55.0 Å². The molecule has 4 fully saturated rings. The van der Waals surface area contributed by atoms with Crippen LogP contribution in [0.5, 0.6) is 0 Å². The third-order valence-corrected chi connectivity index (χ3v) is 14.7. The zero-order valence-corrected chi connectivity index (χ0v) is 42.5. The maximum atomic E-state index is 9.77. The van der Waals surface area contributed by atoms with Gasteiger partial charge in [0.15, 0.2) is 15.8 Å². The molecule has 0 spiro atoms. The van der Waals surface area contributed by atoms with Crippen molar-refractivity contribution in [3.8, 4) is 56.1 Å². The predicted octanol–water partition coefficient (Wildman–Crippen LogP) is 8.30. The summed E-state index contributed by atoms with van der Waals surface area (Å²) in [5.74, 6) is 1.10. The Morgan fingerprint density at radius 1 is 0.671 bits per heavy atom. The first kappa shape index (κ1) is 52.5. The Hall–Kier alpha value is -6.82. The predicted molar refractivity (Wildman–Crippen MR) is 285 cm³/mol. The van der Waals surface area contributed by atoms with Crippen molar-refractivity contribution >= 4 is 63.3 Å². The Morgan fingerprint density at radius 3 is 1.52 bits per heavy atom. The fourth-order valence-corrected chi connectivity index (χ4v) is 10.6. The summed E-state index contributed by atoms with van der Waals surface area (Å²) in [4.78, 5) is 19.2. The largest absolute Gasteiger partial charge is 0.382 e. The number of pyridine rings is 2. The molecule has 8 aromatic heterocycles. The van der Waals surface area contributed by atoms with Crippen LogP contribution in [-0.2, 0) is 14.3 Å². The summed E-state index contributed by atoms with van der Waals surface area (Å²) < 4.78 is 13.3. The maximum absolute atomic E-state index is 9.77. The standard InChI is InChI=1S/C25H26N8OS.C22H22N8S.C3H4O2.CH4.ClH/c1-14(2)29-21-8-22(23-4-3-19-5-15(9-26)10-28-33(19)23)27-11-20(21)25-32-31-24(35-25)16-6-17(7-16)30-18-12-34-13-18;1-12(2)27-18-8-19(20-4-3-16-5-13(9-23)10-26-30(16)20)25-11-17(18)22-29-28-21(31-22)14-6-15(24)7-14;4-3-1-5-2-3;;/h3-5,8,10-11,14,16-18,30H,6-7,12-13H2,1-2H3,(H,27,29);3-5,8,10-12,14-15H,6-7,24H2,1-2H3,(H,25,27);1-2H2;1H4;1H. The molecule has 0 unspecified atom stereocenters. The molecule has 2 saturated carbocycles. The van der Waals surface area contributed by atoms with Crippen LogP contribution in [0.4, 0.5) is 11.4 Å². The lowest BCUT2D eigenvalue weighted by Gasteiger charge is -2.39. The van der Waals surface area contributed by atoms with E-state index in [-0.39, 0.29) is 43.7 Å². The van der Waals surface area contributed by atoms with E-state index in [1.54, 1.807) is 39.6 Å². The van der Waals surface area contributed by atoms with Crippen molar-refractivity contribution in [2.75, 3.05) is 37.1 Å². The smallest absolute Gasteiger partial charge is 0.184 e. The molecule has 2 aliphatic heterocycles. The molecular formula is C51H57ClN16O3S2. The topological polar surface area (TPSA) is 257 Å². The summed E-state index contributed by atoms with van der Waals surface area (Å²) in [6.45, 7) is 10.8. The van der Waals surface area contributed by atoms with Gasteiger partial charge in [-0.05, 0) is 102 Å². The molecule has 19 nitrogen and oxygen atoms in total. The fraction of sp³-hybridized carbons (Fsp3) is 0.392. The van der Waals surface area contributed by atoms with Gasteiger partial charge >= 0.3 is 0 Å². The first-order valence-corrected chi connectivity index (χ1v) is 25.3. The number of nitrogens with one attached hydrogen (secondary N) is 3. The summed E-state index contributed by atoms with van der Waals surface area (Å²) >= 11 is 3.28. The number of fused-ring (bicyclic) bond motifs is 2. The van der Waals surface area contributed by atoms with E-state index in [1.807, 2.05) is 65.4 Å². The van der Waals surface area contributed by atoms with Gasteiger partial charge in [-0.25, -0.2) is 9.03 Å². The summed E-state index contributed by atoms with van der Waals surface area (Å²) in [6.07, 6.45) is 11.0. The van der Waals surface area contributed by atoms with Crippen molar-refractivity contribution in [1.82, 2.24) is 54.9 Å². The zero-order valence-electron chi connectivity index (χ0n) is 40.0. The van der Waals surface area contributed by atoms with Gasteiger partial charge < -0.3 is 31.2 Å². The van der Waals surface area contributed by atoms with Gasteiger partial charge in [-0.3, -0.25) is 14.8 Å². The van der Waals surface area contributed by atoms with Gasteiger partial charge in [-0.2, -0.15) is 20.7 Å². The Balaban J connectivity index is 0.000000174. The van der Waals surface area contributed by atoms with Crippen LogP contribution in [0.3, 0.4) is 0 Å². The number of hydrogen-bond acceptors (Lipinski definition) is 19. The average Bonchev–Trinajstić information content (AvgIpc) is 4.16. The Bertz CT molecular complexity index is 3300. The molecule has 8 aromatic rings. The zero-order chi connectivity index (χ0) is 49.2. The maximum Gasteiger partial charge on any atom is 0.184 e. The minimum Gasteiger partial charge on any atom is -0.382 e. The number of ether oxygens (including phenoxy) is 2. The van der Waals surface area contributed by atoms with Crippen LogP contribution in [-0.4, -0.2) is 112 Å². The van der Waals surface area contributed by atoms with E-state index in [9.17, 15) is 4.79 Å². The molecule has 12 rings (SSSR count). The lowest BCUT2D eigenvalue weighted by Crippen LogP contribution is -2.53. The number of aromatic nitrogens is 10. The van der Waals surface area contributed by atoms with Gasteiger partial charge in [-0.15, -0.1) is 32.8 Å². The van der Waals surface area contributed by atoms with Crippen molar-refractivity contribution in [3.05, 3.63) is 94.5 Å². The van der Waals surface area contributed by atoms with E-state index < -0.39 is 0 Å². The highest BCUT2D eigenvalue weighted by Gasteiger charge is 2.36. The summed E-state index contributed by atoms with van der Waals surface area (Å²) in [5.41, 5.74) is 15.8. The minimum atomic E-state index is 0. The molecule has 0 radical (unpaired) electrons. The molecule has 10 heterocycles. The second-order valence-corrected chi connectivity index (χ2v) is 20.8. The van der Waals surface area contributed by atoms with Gasteiger partial charge in [0.05, 0.1) is 87.7 Å². The second kappa shape index (κ2) is 22.9. The molecule has 0 atom stereocenters. The van der Waals surface area contributed by atoms with Crippen LogP contribution >= 0.6 is 35.1 Å². The number of nitriles is 2. The molecule has 2 saturated heterocycles. The van der Waals surface area contributed by atoms with Crippen molar-refractivity contribution in [2.45, 2.75) is 103 Å². The van der Waals surface area contributed by atoms with Crippen LogP contribution in [0.2, 0.25) is 0 Å². The molecule has 2 aliphatic carbocycles. The lowest BCUT2D eigenvalue weighted by molar-refractivity contribution is -0.140. The number of carbonyl (C=O) groups excluding carboxylic acids is 1. The number of anilines is 2. The Kier molecular flexibility index (Phi) is 16.5. The van der Waals surface area contributed by atoms with Crippen molar-refractivity contribution in [2.24, 2.45) is 5.73 Å². The Labute approximate surface area is 437 Å². The van der Waals surface area contributed by atoms with E-state index in [2.05, 4.69) is 91.1 Å². The third kappa shape index (κ3) is 11.7. The minimum absolute atomic E-state index is 0. The number of nitrogens with two attached hydrogens (primary N) is 1. The number of Topliss-reactive ketones (excluding diaryl/α,β-unsaturated/α-hetero) is 1. The molecule has 0 amide bonds. The SMILES string of the molecule is C.CC(C)Nc1cc(-c2ccc3cc(C#N)cnn23)ncc1-c1nnc(C2CC(N)C2)s1.CC(C)Nc1cc(-c2ccc3cc(C#N)cnn23)ncc1-c1nnc(C2CC(NC3COC3)C2)s1.Cl.O=C1COC1. The molecule has 73 heavy (non-hydrogen) atoms. The highest BCUT2D eigenvalue weighted by molar-refractivity contribution is 7.15. The van der Waals surface area contributed by atoms with Gasteiger partial charge in [-0.1, -0.05) is 30.1 Å². The van der Waals surface area contributed by atoms with E-state index >= 15 is 0 Å². The first-order chi connectivity index (χ1) is 34.5. The number of nitrogens with zero attached hydrogens (tertiary/aromatic N) is 12. The second-order valence-electron chi connectivity index (χ2n) is 18.8. The van der Waals surface area contributed by atoms with Gasteiger partial charge in [0.2, 0.25) is 0 Å². The summed E-state index contributed by atoms with van der Waals surface area (Å²) in [7, 11) is 0. The van der Waals surface area contributed by atoms with Gasteiger partial charge in [0, 0.05) is 59.8 Å². The van der Waals surface area contributed by atoms with Crippen molar-refractivity contribution in [1.29, 1.82) is 10.5 Å². The van der Waals surface area contributed by atoms with E-state index in [4.69, 9.17) is 31.0 Å². The molecule has 0 bridgehead atoms. The first-order valence-electron chi connectivity index (χ1n) is 23.6. The number of rotatable bonds is 12. The van der Waals surface area contributed by atoms with E-state index in [0.717, 1.165) is 115 Å². The van der Waals surface area contributed by atoms with E-state index in [0.29, 0.717) is 48.3 Å². The fourth-order valence-electron chi connectivity index (χ4n) is 8.59. The van der Waals surface area contributed by atoms with Crippen LogP contribution in [0.1, 0.15) is 93.8 Å². The molecule has 378 valence electrons. The average molecular weight is 1040 g/mol. The summed E-state index contributed by atoms with van der Waals surface area (Å²) in [5, 5.41) is 59.6. The van der Waals surface area contributed by atoms with Crippen molar-refractivity contribution in [3.63, 3.8) is 0 Å². The van der Waals surface area contributed by atoms with Crippen LogP contribution < -0.4 is 21.7 Å².